The van der Waals surface area contributed by atoms with E-state index in [1.807, 2.05) is 13.8 Å². The predicted octanol–water partition coefficient (Wildman–Crippen LogP) is 2.51. The van der Waals surface area contributed by atoms with Gasteiger partial charge in [0.15, 0.2) is 0 Å². The number of piperidine rings is 1. The SMILES string of the molecule is CC(C)O[C@H]1CCN(C(=O)C2CNN(C3CCCCCC3)C2)C[C@H]1F. The van der Waals surface area contributed by atoms with Gasteiger partial charge < -0.3 is 9.64 Å². The van der Waals surface area contributed by atoms with Crippen molar-refractivity contribution in [2.24, 2.45) is 5.92 Å². The molecule has 0 spiro atoms. The summed E-state index contributed by atoms with van der Waals surface area (Å²) in [7, 11) is 0. The molecule has 1 unspecified atom stereocenters. The molecule has 1 N–H and O–H groups in total. The Morgan fingerprint density at radius 1 is 1.12 bits per heavy atom. The van der Waals surface area contributed by atoms with Gasteiger partial charge >= 0.3 is 0 Å². The molecule has 2 saturated heterocycles. The number of hydrazine groups is 1. The Morgan fingerprint density at radius 2 is 1.84 bits per heavy atom. The zero-order chi connectivity index (χ0) is 17.8. The molecular formula is C19H34FN3O2. The Morgan fingerprint density at radius 3 is 2.48 bits per heavy atom. The number of rotatable bonds is 4. The minimum absolute atomic E-state index is 0.0256. The minimum Gasteiger partial charge on any atom is -0.372 e. The summed E-state index contributed by atoms with van der Waals surface area (Å²) in [6.45, 7) is 6.09. The van der Waals surface area contributed by atoms with Crippen molar-refractivity contribution in [2.75, 3.05) is 26.2 Å². The van der Waals surface area contributed by atoms with Gasteiger partial charge in [-0.05, 0) is 33.1 Å². The third kappa shape index (κ3) is 4.92. The molecule has 0 radical (unpaired) electrons. The Balaban J connectivity index is 1.49. The van der Waals surface area contributed by atoms with E-state index in [4.69, 9.17) is 4.74 Å². The zero-order valence-electron chi connectivity index (χ0n) is 15.8. The van der Waals surface area contributed by atoms with Crippen molar-refractivity contribution in [2.45, 2.75) is 83.2 Å². The lowest BCUT2D eigenvalue weighted by Crippen LogP contribution is -2.51. The van der Waals surface area contributed by atoms with E-state index in [1.54, 1.807) is 4.90 Å². The zero-order valence-corrected chi connectivity index (χ0v) is 15.8. The second-order valence-electron chi connectivity index (χ2n) is 8.17. The monoisotopic (exact) mass is 355 g/mol. The van der Waals surface area contributed by atoms with Crippen molar-refractivity contribution < 1.29 is 13.9 Å². The quantitative estimate of drug-likeness (QED) is 0.787. The number of nitrogens with one attached hydrogen (secondary N) is 1. The average molecular weight is 355 g/mol. The molecule has 3 aliphatic rings. The first-order chi connectivity index (χ1) is 12.0. The first-order valence-electron chi connectivity index (χ1n) is 10.1. The molecule has 25 heavy (non-hydrogen) atoms. The first-order valence-corrected chi connectivity index (χ1v) is 10.1. The highest BCUT2D eigenvalue weighted by Gasteiger charge is 2.38. The van der Waals surface area contributed by atoms with Gasteiger partial charge in [-0.2, -0.15) is 0 Å². The van der Waals surface area contributed by atoms with Crippen LogP contribution in [0.1, 0.15) is 58.8 Å². The van der Waals surface area contributed by atoms with Gasteiger partial charge in [0.25, 0.3) is 0 Å². The highest BCUT2D eigenvalue weighted by atomic mass is 19.1. The summed E-state index contributed by atoms with van der Waals surface area (Å²) in [4.78, 5) is 14.5. The second kappa shape index (κ2) is 8.78. The fourth-order valence-electron chi connectivity index (χ4n) is 4.45. The van der Waals surface area contributed by atoms with Crippen LogP contribution in [0.4, 0.5) is 4.39 Å². The van der Waals surface area contributed by atoms with Crippen LogP contribution in [0, 0.1) is 5.92 Å². The van der Waals surface area contributed by atoms with Crippen LogP contribution in [0.2, 0.25) is 0 Å². The molecule has 0 aromatic rings. The second-order valence-corrected chi connectivity index (χ2v) is 8.17. The van der Waals surface area contributed by atoms with Crippen LogP contribution in [0.3, 0.4) is 0 Å². The summed E-state index contributed by atoms with van der Waals surface area (Å²) >= 11 is 0. The van der Waals surface area contributed by atoms with Crippen LogP contribution in [0.25, 0.3) is 0 Å². The summed E-state index contributed by atoms with van der Waals surface area (Å²) in [5.74, 6) is 0.0623. The normalized spacial score (nSPS) is 33.0. The third-order valence-corrected chi connectivity index (χ3v) is 5.81. The van der Waals surface area contributed by atoms with Gasteiger partial charge in [0.05, 0.1) is 24.7 Å². The van der Waals surface area contributed by atoms with E-state index in [2.05, 4.69) is 10.4 Å². The number of halogens is 1. The molecule has 3 rings (SSSR count). The molecule has 1 saturated carbocycles. The van der Waals surface area contributed by atoms with Crippen molar-refractivity contribution in [3.63, 3.8) is 0 Å². The fourth-order valence-corrected chi connectivity index (χ4v) is 4.45. The number of hydrogen-bond acceptors (Lipinski definition) is 4. The van der Waals surface area contributed by atoms with E-state index in [-0.39, 0.29) is 30.6 Å². The van der Waals surface area contributed by atoms with E-state index >= 15 is 0 Å². The molecule has 5 nitrogen and oxygen atoms in total. The van der Waals surface area contributed by atoms with Crippen molar-refractivity contribution in [3.05, 3.63) is 0 Å². The van der Waals surface area contributed by atoms with E-state index < -0.39 is 6.17 Å². The first kappa shape index (κ1) is 19.1. The smallest absolute Gasteiger partial charge is 0.228 e. The van der Waals surface area contributed by atoms with Gasteiger partial charge in [-0.15, -0.1) is 0 Å². The number of carbonyl (C=O) groups is 1. The lowest BCUT2D eigenvalue weighted by atomic mass is 10.0. The average Bonchev–Trinajstić information content (AvgIpc) is 2.91. The maximum absolute atomic E-state index is 14.4. The van der Waals surface area contributed by atoms with E-state index in [9.17, 15) is 9.18 Å². The number of nitrogens with zero attached hydrogens (tertiary/aromatic N) is 2. The maximum Gasteiger partial charge on any atom is 0.228 e. The van der Waals surface area contributed by atoms with Crippen molar-refractivity contribution in [3.8, 4) is 0 Å². The summed E-state index contributed by atoms with van der Waals surface area (Å²) in [5, 5.41) is 2.29. The van der Waals surface area contributed by atoms with Crippen LogP contribution >= 0.6 is 0 Å². The molecule has 2 heterocycles. The van der Waals surface area contributed by atoms with Crippen LogP contribution in [0.5, 0.6) is 0 Å². The van der Waals surface area contributed by atoms with Crippen molar-refractivity contribution >= 4 is 5.91 Å². The molecule has 3 fully saturated rings. The summed E-state index contributed by atoms with van der Waals surface area (Å²) in [6, 6.07) is 0.555. The molecule has 0 aromatic heterocycles. The highest BCUT2D eigenvalue weighted by Crippen LogP contribution is 2.25. The van der Waals surface area contributed by atoms with Gasteiger partial charge in [-0.3, -0.25) is 10.2 Å². The van der Waals surface area contributed by atoms with Gasteiger partial charge in [0.1, 0.15) is 6.17 Å². The Hall–Kier alpha value is -0.720. The molecule has 3 atom stereocenters. The van der Waals surface area contributed by atoms with Gasteiger partial charge in [-0.1, -0.05) is 25.7 Å². The Kier molecular flexibility index (Phi) is 6.69. The van der Waals surface area contributed by atoms with Crippen LogP contribution in [-0.2, 0) is 9.53 Å². The number of alkyl halides is 1. The lowest BCUT2D eigenvalue weighted by molar-refractivity contribution is -0.141. The van der Waals surface area contributed by atoms with Crippen LogP contribution in [-0.4, -0.2) is 66.4 Å². The third-order valence-electron chi connectivity index (χ3n) is 5.81. The minimum atomic E-state index is -1.08. The fraction of sp³-hybridized carbons (Fsp3) is 0.947. The number of amides is 1. The number of carbonyl (C=O) groups excluding carboxylic acids is 1. The Labute approximate surface area is 151 Å². The molecule has 144 valence electrons. The topological polar surface area (TPSA) is 44.8 Å². The summed E-state index contributed by atoms with van der Waals surface area (Å²) in [6.07, 6.45) is 6.85. The standard InChI is InChI=1S/C19H34FN3O2/c1-14(2)25-18-9-10-22(13-17(18)20)19(24)15-11-21-23(12-15)16-7-5-3-4-6-8-16/h14-18,21H,3-13H2,1-2H3/t15?,17-,18+/m1/s1. The Bertz CT molecular complexity index is 440. The summed E-state index contributed by atoms with van der Waals surface area (Å²) in [5.41, 5.74) is 3.44. The molecule has 0 bridgehead atoms. The van der Waals surface area contributed by atoms with E-state index in [0.29, 0.717) is 25.6 Å². The summed E-state index contributed by atoms with van der Waals surface area (Å²) < 4.78 is 20.0. The largest absolute Gasteiger partial charge is 0.372 e. The molecular weight excluding hydrogens is 321 g/mol. The number of likely N-dealkylation sites (tertiary alicyclic amines) is 1. The van der Waals surface area contributed by atoms with Gasteiger partial charge in [0.2, 0.25) is 5.91 Å². The molecule has 0 aromatic carbocycles. The van der Waals surface area contributed by atoms with E-state index in [1.165, 1.54) is 38.5 Å². The number of ether oxygens (including phenoxy) is 1. The van der Waals surface area contributed by atoms with Crippen molar-refractivity contribution in [1.29, 1.82) is 0 Å². The highest BCUT2D eigenvalue weighted by molar-refractivity contribution is 5.79. The van der Waals surface area contributed by atoms with Gasteiger partial charge in [-0.25, -0.2) is 9.40 Å². The predicted molar refractivity (Wildman–Crippen MR) is 95.8 cm³/mol. The van der Waals surface area contributed by atoms with E-state index in [0.717, 1.165) is 6.54 Å². The molecule has 2 aliphatic heterocycles. The van der Waals surface area contributed by atoms with Crippen LogP contribution in [0.15, 0.2) is 0 Å². The molecule has 1 amide bonds. The van der Waals surface area contributed by atoms with Crippen molar-refractivity contribution in [1.82, 2.24) is 15.3 Å². The van der Waals surface area contributed by atoms with Crippen LogP contribution < -0.4 is 5.43 Å². The van der Waals surface area contributed by atoms with Gasteiger partial charge in [0, 0.05) is 25.7 Å². The number of hydrogen-bond donors (Lipinski definition) is 1. The molecule has 1 aliphatic carbocycles. The lowest BCUT2D eigenvalue weighted by Gasteiger charge is -2.36. The molecule has 6 heteroatoms. The maximum atomic E-state index is 14.4.